The first-order valence-corrected chi connectivity index (χ1v) is 11.3. The van der Waals surface area contributed by atoms with Gasteiger partial charge in [0.25, 0.3) is 10.0 Å². The van der Waals surface area contributed by atoms with E-state index in [9.17, 15) is 8.42 Å². The number of anilines is 1. The molecule has 0 amide bonds. The first-order chi connectivity index (χ1) is 12.3. The maximum absolute atomic E-state index is 12.6. The molecule has 1 saturated heterocycles. The van der Waals surface area contributed by atoms with Crippen LogP contribution in [0.15, 0.2) is 22.4 Å². The maximum atomic E-state index is 12.6. The molecule has 0 aliphatic carbocycles. The molecule has 6 nitrogen and oxygen atoms in total. The lowest BCUT2D eigenvalue weighted by Gasteiger charge is -2.26. The molecule has 0 radical (unpaired) electrons. The first-order valence-electron chi connectivity index (χ1n) is 7.77. The zero-order chi connectivity index (χ0) is 18.7. The molecule has 1 aromatic carbocycles. The van der Waals surface area contributed by atoms with Crippen molar-refractivity contribution < 1.29 is 13.2 Å². The molecular formula is C15H16Cl3N3O3S2. The van der Waals surface area contributed by atoms with Gasteiger partial charge in [0.15, 0.2) is 5.13 Å². The molecule has 2 aromatic rings. The van der Waals surface area contributed by atoms with Gasteiger partial charge in [0, 0.05) is 36.5 Å². The van der Waals surface area contributed by atoms with E-state index in [0.29, 0.717) is 0 Å². The van der Waals surface area contributed by atoms with Crippen LogP contribution in [0.4, 0.5) is 5.13 Å². The predicted octanol–water partition coefficient (Wildman–Crippen LogP) is 3.78. The van der Waals surface area contributed by atoms with Crippen molar-refractivity contribution in [3.8, 4) is 0 Å². The van der Waals surface area contributed by atoms with Crippen LogP contribution < -0.4 is 4.72 Å². The van der Waals surface area contributed by atoms with Gasteiger partial charge in [-0.1, -0.05) is 34.8 Å². The van der Waals surface area contributed by atoms with Crippen LogP contribution in [0.3, 0.4) is 0 Å². The van der Waals surface area contributed by atoms with Crippen molar-refractivity contribution in [3.05, 3.63) is 38.3 Å². The van der Waals surface area contributed by atoms with Crippen molar-refractivity contribution in [1.82, 2.24) is 9.88 Å². The zero-order valence-corrected chi connectivity index (χ0v) is 17.4. The lowest BCUT2D eigenvalue weighted by Crippen LogP contribution is -2.37. The largest absolute Gasteiger partial charge is 0.379 e. The number of nitrogens with zero attached hydrogens (tertiary/aromatic N) is 2. The predicted molar refractivity (Wildman–Crippen MR) is 105 cm³/mol. The topological polar surface area (TPSA) is 71.5 Å². The third kappa shape index (κ3) is 5.01. The van der Waals surface area contributed by atoms with Gasteiger partial charge in [0.05, 0.1) is 29.0 Å². The smallest absolute Gasteiger partial charge is 0.266 e. The van der Waals surface area contributed by atoms with Gasteiger partial charge in [-0.2, -0.15) is 0 Å². The average molecular weight is 457 g/mol. The summed E-state index contributed by atoms with van der Waals surface area (Å²) in [6, 6.07) is 2.67. The van der Waals surface area contributed by atoms with Gasteiger partial charge in [-0.05, 0) is 12.1 Å². The normalized spacial score (nSPS) is 16.0. The minimum absolute atomic E-state index is 0.0425. The van der Waals surface area contributed by atoms with Crippen molar-refractivity contribution in [2.75, 3.05) is 37.6 Å². The fourth-order valence-electron chi connectivity index (χ4n) is 2.52. The average Bonchev–Trinajstić information content (AvgIpc) is 2.99. The Morgan fingerprint density at radius 1 is 1.19 bits per heavy atom. The molecule has 2 heterocycles. The summed E-state index contributed by atoms with van der Waals surface area (Å²) in [5.41, 5.74) is 0.826. The number of morpholine rings is 1. The highest BCUT2D eigenvalue weighted by Crippen LogP contribution is 2.34. The van der Waals surface area contributed by atoms with E-state index in [4.69, 9.17) is 39.5 Å². The number of hydrogen-bond donors (Lipinski definition) is 1. The van der Waals surface area contributed by atoms with Gasteiger partial charge in [-0.25, -0.2) is 13.4 Å². The lowest BCUT2D eigenvalue weighted by atomic mass is 10.3. The van der Waals surface area contributed by atoms with Crippen molar-refractivity contribution in [2.45, 2.75) is 11.3 Å². The molecular weight excluding hydrogens is 441 g/mol. The Labute approximate surface area is 171 Å². The molecule has 3 rings (SSSR count). The zero-order valence-electron chi connectivity index (χ0n) is 13.5. The molecule has 1 aliphatic rings. The van der Waals surface area contributed by atoms with Crippen LogP contribution in [0.2, 0.25) is 15.1 Å². The molecule has 0 unspecified atom stereocenters. The summed E-state index contributed by atoms with van der Waals surface area (Å²) in [5.74, 6) is 0. The van der Waals surface area contributed by atoms with Gasteiger partial charge in [-0.15, -0.1) is 11.3 Å². The molecule has 26 heavy (non-hydrogen) atoms. The Bertz CT molecular complexity index is 860. The summed E-state index contributed by atoms with van der Waals surface area (Å²) in [6.45, 7) is 4.14. The van der Waals surface area contributed by atoms with Crippen molar-refractivity contribution >= 4 is 61.3 Å². The second-order valence-electron chi connectivity index (χ2n) is 5.65. The van der Waals surface area contributed by atoms with Gasteiger partial charge in [0.1, 0.15) is 4.90 Å². The lowest BCUT2D eigenvalue weighted by molar-refractivity contribution is 0.0383. The number of aromatic nitrogens is 1. The molecule has 0 spiro atoms. The summed E-state index contributed by atoms with van der Waals surface area (Å²) in [5, 5.41) is 2.28. The van der Waals surface area contributed by atoms with E-state index in [1.807, 2.05) is 5.38 Å². The third-order valence-electron chi connectivity index (χ3n) is 3.79. The number of sulfonamides is 1. The molecule has 0 atom stereocenters. The fraction of sp³-hybridized carbons (Fsp3) is 0.400. The summed E-state index contributed by atoms with van der Waals surface area (Å²) in [6.07, 6.45) is 0.737. The van der Waals surface area contributed by atoms with Crippen molar-refractivity contribution in [1.29, 1.82) is 0 Å². The van der Waals surface area contributed by atoms with Crippen LogP contribution in [0.5, 0.6) is 0 Å². The summed E-state index contributed by atoms with van der Waals surface area (Å²) < 4.78 is 32.9. The van der Waals surface area contributed by atoms with Crippen LogP contribution in [0.25, 0.3) is 0 Å². The summed E-state index contributed by atoms with van der Waals surface area (Å²) in [7, 11) is -3.97. The fourth-order valence-corrected chi connectivity index (χ4v) is 6.06. The number of hydrogen-bond acceptors (Lipinski definition) is 6. The van der Waals surface area contributed by atoms with Crippen LogP contribution in [0, 0.1) is 0 Å². The molecule has 1 aromatic heterocycles. The Hall–Kier alpha value is -0.610. The van der Waals surface area contributed by atoms with E-state index in [1.165, 1.54) is 23.5 Å². The molecule has 0 bridgehead atoms. The number of rotatable bonds is 6. The molecule has 142 valence electrons. The Morgan fingerprint density at radius 2 is 1.85 bits per heavy atom. The van der Waals surface area contributed by atoms with Gasteiger partial charge >= 0.3 is 0 Å². The molecule has 1 N–H and O–H groups in total. The Kier molecular flexibility index (Phi) is 6.66. The molecule has 0 saturated carbocycles. The van der Waals surface area contributed by atoms with Crippen molar-refractivity contribution in [3.63, 3.8) is 0 Å². The van der Waals surface area contributed by atoms with E-state index in [2.05, 4.69) is 14.6 Å². The van der Waals surface area contributed by atoms with E-state index < -0.39 is 10.0 Å². The van der Waals surface area contributed by atoms with Crippen LogP contribution in [0.1, 0.15) is 5.69 Å². The molecule has 11 heteroatoms. The molecule has 1 aliphatic heterocycles. The van der Waals surface area contributed by atoms with E-state index in [-0.39, 0.29) is 25.1 Å². The number of benzene rings is 1. The van der Waals surface area contributed by atoms with Gasteiger partial charge in [0.2, 0.25) is 0 Å². The highest BCUT2D eigenvalue weighted by Gasteiger charge is 2.24. The number of nitrogens with one attached hydrogen (secondary N) is 1. The minimum Gasteiger partial charge on any atom is -0.379 e. The second kappa shape index (κ2) is 8.60. The van der Waals surface area contributed by atoms with Gasteiger partial charge in [-0.3, -0.25) is 9.62 Å². The SMILES string of the molecule is O=S(=O)(Nc1nc(CCN2CCOCC2)cs1)c1c(Cl)cc(Cl)cc1Cl. The monoisotopic (exact) mass is 455 g/mol. The summed E-state index contributed by atoms with van der Waals surface area (Å²) in [4.78, 5) is 6.42. The highest BCUT2D eigenvalue weighted by molar-refractivity contribution is 7.93. The van der Waals surface area contributed by atoms with E-state index >= 15 is 0 Å². The Balaban J connectivity index is 1.68. The van der Waals surface area contributed by atoms with Gasteiger partial charge < -0.3 is 4.74 Å². The summed E-state index contributed by atoms with van der Waals surface area (Å²) >= 11 is 19.1. The minimum atomic E-state index is -3.97. The number of thiazole rings is 1. The van der Waals surface area contributed by atoms with Crippen LogP contribution >= 0.6 is 46.1 Å². The number of halogens is 3. The Morgan fingerprint density at radius 3 is 2.50 bits per heavy atom. The quantitative estimate of drug-likeness (QED) is 0.716. The standard InChI is InChI=1S/C15H16Cl3N3O3S2/c16-10-7-12(17)14(13(18)8-10)26(22,23)20-15-19-11(9-25-15)1-2-21-3-5-24-6-4-21/h7-9H,1-6H2,(H,19,20). The number of ether oxygens (including phenoxy) is 1. The van der Waals surface area contributed by atoms with Crippen molar-refractivity contribution in [2.24, 2.45) is 0 Å². The van der Waals surface area contributed by atoms with Crippen LogP contribution in [-0.4, -0.2) is 51.1 Å². The maximum Gasteiger partial charge on any atom is 0.266 e. The second-order valence-corrected chi connectivity index (χ2v) is 9.38. The van der Waals surface area contributed by atoms with E-state index in [0.717, 1.165) is 45.0 Å². The molecule has 1 fully saturated rings. The highest BCUT2D eigenvalue weighted by atomic mass is 35.5. The third-order valence-corrected chi connectivity index (χ3v) is 7.21. The van der Waals surface area contributed by atoms with Crippen LogP contribution in [-0.2, 0) is 21.2 Å². The first kappa shape index (κ1) is 20.1. The van der Waals surface area contributed by atoms with E-state index in [1.54, 1.807) is 0 Å².